The maximum absolute atomic E-state index is 13.2. The van der Waals surface area contributed by atoms with E-state index in [-0.39, 0.29) is 29.1 Å². The number of carbonyl (C=O) groups is 2. The van der Waals surface area contributed by atoms with Gasteiger partial charge in [0.25, 0.3) is 11.6 Å². The smallest absolute Gasteiger partial charge is 0.293 e. The third-order valence-corrected chi connectivity index (χ3v) is 6.30. The van der Waals surface area contributed by atoms with Gasteiger partial charge < -0.3 is 15.1 Å². The summed E-state index contributed by atoms with van der Waals surface area (Å²) in [6.45, 7) is 9.81. The fraction of sp³-hybridized carbons (Fsp3) is 0.480. The zero-order chi connectivity index (χ0) is 25.4. The maximum Gasteiger partial charge on any atom is 0.293 e. The van der Waals surface area contributed by atoms with E-state index in [9.17, 15) is 19.7 Å². The Labute approximate surface area is 206 Å². The van der Waals surface area contributed by atoms with Gasteiger partial charge in [-0.3, -0.25) is 29.6 Å². The minimum atomic E-state index is -0.479. The summed E-state index contributed by atoms with van der Waals surface area (Å²) >= 11 is 0. The molecule has 1 N–H and O–H groups in total. The number of anilines is 1. The van der Waals surface area contributed by atoms with Crippen LogP contribution in [0.5, 0.6) is 0 Å². The van der Waals surface area contributed by atoms with Gasteiger partial charge in [0.15, 0.2) is 0 Å². The molecule has 1 aliphatic rings. The second kappa shape index (κ2) is 12.3. The molecule has 2 amide bonds. The van der Waals surface area contributed by atoms with Crippen LogP contribution < -0.4 is 5.32 Å². The highest BCUT2D eigenvalue weighted by Gasteiger charge is 2.25. The standard InChI is InChI=1S/C25H34N6O4/c1-4-29(5-2)24(32)18-28-13-8-14-30(16-15-28)25(33)20-10-11-22(23(17-20)31(34)35)27-19(3)21-9-6-7-12-26-21/h6-7,9-12,17,19,27H,4-5,8,13-16,18H2,1-3H3. The van der Waals surface area contributed by atoms with Crippen LogP contribution in [-0.2, 0) is 4.79 Å². The molecule has 2 heterocycles. The highest BCUT2D eigenvalue weighted by atomic mass is 16.6. The second-order valence-corrected chi connectivity index (χ2v) is 8.60. The number of nitro groups is 1. The fourth-order valence-corrected chi connectivity index (χ4v) is 4.26. The Kier molecular flexibility index (Phi) is 9.13. The van der Waals surface area contributed by atoms with Gasteiger partial charge >= 0.3 is 0 Å². The Hall–Kier alpha value is -3.53. The largest absolute Gasteiger partial charge is 0.371 e. The summed E-state index contributed by atoms with van der Waals surface area (Å²) in [5.74, 6) is -0.150. The van der Waals surface area contributed by atoms with Crippen LogP contribution in [0, 0.1) is 10.1 Å². The lowest BCUT2D eigenvalue weighted by Gasteiger charge is -2.25. The second-order valence-electron chi connectivity index (χ2n) is 8.60. The lowest BCUT2D eigenvalue weighted by atomic mass is 10.1. The minimum Gasteiger partial charge on any atom is -0.371 e. The van der Waals surface area contributed by atoms with Gasteiger partial charge in [-0.05, 0) is 51.5 Å². The highest BCUT2D eigenvalue weighted by molar-refractivity contribution is 5.95. The number of rotatable bonds is 9. The summed E-state index contributed by atoms with van der Waals surface area (Å²) in [6.07, 6.45) is 2.41. The van der Waals surface area contributed by atoms with Crippen molar-refractivity contribution in [3.63, 3.8) is 0 Å². The van der Waals surface area contributed by atoms with Crippen LogP contribution in [0.25, 0.3) is 0 Å². The molecular formula is C25H34N6O4. The summed E-state index contributed by atoms with van der Waals surface area (Å²) in [5, 5.41) is 14.9. The molecule has 1 aromatic carbocycles. The Morgan fingerprint density at radius 3 is 2.57 bits per heavy atom. The normalized spacial score (nSPS) is 15.2. The number of likely N-dealkylation sites (N-methyl/N-ethyl adjacent to an activating group) is 1. The van der Waals surface area contributed by atoms with Crippen LogP contribution in [-0.4, -0.2) is 82.2 Å². The molecule has 0 saturated carbocycles. The van der Waals surface area contributed by atoms with Gasteiger partial charge in [-0.25, -0.2) is 0 Å². The van der Waals surface area contributed by atoms with Crippen molar-refractivity contribution in [1.82, 2.24) is 19.7 Å². The van der Waals surface area contributed by atoms with Crippen molar-refractivity contribution in [3.8, 4) is 0 Å². The van der Waals surface area contributed by atoms with Crippen LogP contribution in [0.2, 0.25) is 0 Å². The molecule has 0 radical (unpaired) electrons. The highest BCUT2D eigenvalue weighted by Crippen LogP contribution is 2.29. The van der Waals surface area contributed by atoms with Crippen LogP contribution in [0.15, 0.2) is 42.6 Å². The average Bonchev–Trinajstić information content (AvgIpc) is 3.10. The van der Waals surface area contributed by atoms with Gasteiger partial charge in [0.1, 0.15) is 5.69 Å². The maximum atomic E-state index is 13.2. The summed E-state index contributed by atoms with van der Waals surface area (Å²) in [5.41, 5.74) is 1.22. The number of nitrogens with one attached hydrogen (secondary N) is 1. The lowest BCUT2D eigenvalue weighted by Crippen LogP contribution is -2.42. The number of nitrogens with zero attached hydrogens (tertiary/aromatic N) is 5. The zero-order valence-electron chi connectivity index (χ0n) is 20.6. The summed E-state index contributed by atoms with van der Waals surface area (Å²) in [6, 6.07) is 9.81. The van der Waals surface area contributed by atoms with Crippen LogP contribution >= 0.6 is 0 Å². The van der Waals surface area contributed by atoms with E-state index in [4.69, 9.17) is 0 Å². The summed E-state index contributed by atoms with van der Waals surface area (Å²) in [4.78, 5) is 46.8. The number of aromatic nitrogens is 1. The average molecular weight is 483 g/mol. The predicted molar refractivity (Wildman–Crippen MR) is 134 cm³/mol. The van der Waals surface area contributed by atoms with E-state index in [1.807, 2.05) is 39.0 Å². The van der Waals surface area contributed by atoms with E-state index >= 15 is 0 Å². The van der Waals surface area contributed by atoms with Gasteiger partial charge in [0, 0.05) is 57.1 Å². The molecule has 10 nitrogen and oxygen atoms in total. The number of amides is 2. The van der Waals surface area contributed by atoms with Crippen molar-refractivity contribution in [3.05, 3.63) is 64.0 Å². The van der Waals surface area contributed by atoms with Gasteiger partial charge in [-0.15, -0.1) is 0 Å². The Balaban J connectivity index is 1.68. The van der Waals surface area contributed by atoms with Crippen LogP contribution in [0.1, 0.15) is 49.3 Å². The van der Waals surface area contributed by atoms with E-state index in [0.29, 0.717) is 45.0 Å². The molecule has 2 aromatic rings. The SMILES string of the molecule is CCN(CC)C(=O)CN1CCCN(C(=O)c2ccc(NC(C)c3ccccn3)c([N+](=O)[O-])c2)CC1. The molecule has 10 heteroatoms. The number of benzene rings is 1. The van der Waals surface area contributed by atoms with Crippen molar-refractivity contribution in [2.75, 3.05) is 51.1 Å². The van der Waals surface area contributed by atoms with Gasteiger partial charge in [-0.1, -0.05) is 6.07 Å². The predicted octanol–water partition coefficient (Wildman–Crippen LogP) is 3.18. The summed E-state index contributed by atoms with van der Waals surface area (Å²) < 4.78 is 0. The Morgan fingerprint density at radius 2 is 1.91 bits per heavy atom. The monoisotopic (exact) mass is 482 g/mol. The minimum absolute atomic E-state index is 0.0911. The first kappa shape index (κ1) is 26.1. The fourth-order valence-electron chi connectivity index (χ4n) is 4.26. The Morgan fingerprint density at radius 1 is 1.14 bits per heavy atom. The number of hydrogen-bond acceptors (Lipinski definition) is 7. The zero-order valence-corrected chi connectivity index (χ0v) is 20.6. The number of carbonyl (C=O) groups excluding carboxylic acids is 2. The summed E-state index contributed by atoms with van der Waals surface area (Å²) in [7, 11) is 0. The van der Waals surface area contributed by atoms with Crippen LogP contribution in [0.4, 0.5) is 11.4 Å². The van der Waals surface area contributed by atoms with E-state index in [2.05, 4.69) is 15.2 Å². The molecule has 3 rings (SSSR count). The van der Waals surface area contributed by atoms with Crippen molar-refractivity contribution in [2.45, 2.75) is 33.2 Å². The molecule has 1 aliphatic heterocycles. The van der Waals surface area contributed by atoms with E-state index in [0.717, 1.165) is 18.7 Å². The third-order valence-electron chi connectivity index (χ3n) is 6.30. The molecule has 1 atom stereocenters. The topological polar surface area (TPSA) is 112 Å². The molecule has 1 fully saturated rings. The number of nitro benzene ring substituents is 1. The van der Waals surface area contributed by atoms with E-state index < -0.39 is 4.92 Å². The molecule has 1 saturated heterocycles. The van der Waals surface area contributed by atoms with Crippen LogP contribution in [0.3, 0.4) is 0 Å². The first-order valence-corrected chi connectivity index (χ1v) is 12.1. The van der Waals surface area contributed by atoms with Crippen molar-refractivity contribution in [2.24, 2.45) is 0 Å². The molecule has 0 bridgehead atoms. The number of hydrogen-bond donors (Lipinski definition) is 1. The van der Waals surface area contributed by atoms with Gasteiger partial charge in [0.2, 0.25) is 5.91 Å². The quantitative estimate of drug-likeness (QED) is 0.431. The molecule has 1 aromatic heterocycles. The van der Waals surface area contributed by atoms with Gasteiger partial charge in [-0.2, -0.15) is 0 Å². The molecule has 35 heavy (non-hydrogen) atoms. The van der Waals surface area contributed by atoms with E-state index in [1.54, 1.807) is 28.1 Å². The van der Waals surface area contributed by atoms with E-state index in [1.165, 1.54) is 6.07 Å². The third kappa shape index (κ3) is 6.75. The lowest BCUT2D eigenvalue weighted by molar-refractivity contribution is -0.384. The van der Waals surface area contributed by atoms with Crippen molar-refractivity contribution in [1.29, 1.82) is 0 Å². The van der Waals surface area contributed by atoms with Crippen molar-refractivity contribution < 1.29 is 14.5 Å². The first-order chi connectivity index (χ1) is 16.8. The van der Waals surface area contributed by atoms with Gasteiger partial charge in [0.05, 0.1) is 23.2 Å². The Bertz CT molecular complexity index is 1030. The molecule has 0 spiro atoms. The molecule has 188 valence electrons. The molecule has 1 unspecified atom stereocenters. The molecule has 0 aliphatic carbocycles. The number of pyridine rings is 1. The van der Waals surface area contributed by atoms with Crippen molar-refractivity contribution >= 4 is 23.2 Å². The molecular weight excluding hydrogens is 448 g/mol. The first-order valence-electron chi connectivity index (χ1n) is 12.1.